The predicted octanol–water partition coefficient (Wildman–Crippen LogP) is 4.03. The maximum absolute atomic E-state index is 6.39. The van der Waals surface area contributed by atoms with Crippen molar-refractivity contribution in [3.63, 3.8) is 0 Å². The molecule has 2 saturated heterocycles. The Bertz CT molecular complexity index is 786. The first kappa shape index (κ1) is 25.6. The SMILES string of the molecule is COc1ccc(N2CCN[C@@H](Cc3ccccc3)C2)cc1OC1CCN(C)CC1.Cl.Cl. The summed E-state index contributed by atoms with van der Waals surface area (Å²) in [6.45, 7) is 5.17. The van der Waals surface area contributed by atoms with Gasteiger partial charge < -0.3 is 24.6 Å². The maximum Gasteiger partial charge on any atom is 0.163 e. The second-order valence-corrected chi connectivity index (χ2v) is 8.24. The molecule has 0 saturated carbocycles. The molecule has 4 rings (SSSR count). The molecule has 2 fully saturated rings. The van der Waals surface area contributed by atoms with E-state index < -0.39 is 0 Å². The van der Waals surface area contributed by atoms with E-state index in [9.17, 15) is 0 Å². The number of halogens is 2. The smallest absolute Gasteiger partial charge is 0.163 e. The number of piperazine rings is 1. The highest BCUT2D eigenvalue weighted by molar-refractivity contribution is 5.85. The Hall–Kier alpha value is -1.66. The molecule has 1 atom stereocenters. The third-order valence-electron chi connectivity index (χ3n) is 6.05. The number of methoxy groups -OCH3 is 1. The monoisotopic (exact) mass is 467 g/mol. The average molecular weight is 468 g/mol. The lowest BCUT2D eigenvalue weighted by atomic mass is 10.0. The van der Waals surface area contributed by atoms with Gasteiger partial charge in [-0.25, -0.2) is 0 Å². The molecule has 31 heavy (non-hydrogen) atoms. The van der Waals surface area contributed by atoms with Crippen LogP contribution in [0.25, 0.3) is 0 Å². The molecule has 0 aliphatic carbocycles. The van der Waals surface area contributed by atoms with Crippen LogP contribution in [0.1, 0.15) is 18.4 Å². The van der Waals surface area contributed by atoms with Crippen molar-refractivity contribution in [3.8, 4) is 11.5 Å². The summed E-state index contributed by atoms with van der Waals surface area (Å²) < 4.78 is 12.0. The van der Waals surface area contributed by atoms with Gasteiger partial charge in [0.1, 0.15) is 6.10 Å². The summed E-state index contributed by atoms with van der Waals surface area (Å²) in [5.41, 5.74) is 2.60. The van der Waals surface area contributed by atoms with E-state index >= 15 is 0 Å². The van der Waals surface area contributed by atoms with Crippen LogP contribution in [0.5, 0.6) is 11.5 Å². The highest BCUT2D eigenvalue weighted by Gasteiger charge is 2.23. The summed E-state index contributed by atoms with van der Waals surface area (Å²) in [5.74, 6) is 1.70. The van der Waals surface area contributed by atoms with Crippen LogP contribution >= 0.6 is 24.8 Å². The van der Waals surface area contributed by atoms with E-state index in [4.69, 9.17) is 9.47 Å². The number of nitrogens with zero attached hydrogens (tertiary/aromatic N) is 2. The molecule has 0 spiro atoms. The Morgan fingerprint density at radius 1 is 0.968 bits per heavy atom. The zero-order valence-corrected chi connectivity index (χ0v) is 20.1. The fourth-order valence-electron chi connectivity index (χ4n) is 4.33. The number of rotatable bonds is 6. The minimum absolute atomic E-state index is 0. The van der Waals surface area contributed by atoms with E-state index in [-0.39, 0.29) is 30.9 Å². The van der Waals surface area contributed by atoms with Crippen molar-refractivity contribution in [2.75, 3.05) is 51.8 Å². The van der Waals surface area contributed by atoms with Crippen LogP contribution in [0, 0.1) is 0 Å². The van der Waals surface area contributed by atoms with Crippen LogP contribution in [-0.4, -0.2) is 63.9 Å². The summed E-state index contributed by atoms with van der Waals surface area (Å²) in [6, 6.07) is 17.6. The lowest BCUT2D eigenvalue weighted by Crippen LogP contribution is -2.51. The standard InChI is InChI=1S/C24H33N3O2.2ClH/c1-26-13-10-22(11-14-26)29-24-17-21(8-9-23(24)28-2)27-15-12-25-20(18-27)16-19-6-4-3-5-7-19;;/h3-9,17,20,22,25H,10-16,18H2,1-2H3;2*1H/t20-;;/m0../s1. The average Bonchev–Trinajstić information content (AvgIpc) is 2.76. The largest absolute Gasteiger partial charge is 0.493 e. The number of benzene rings is 2. The van der Waals surface area contributed by atoms with E-state index in [1.165, 1.54) is 11.3 Å². The first-order valence-electron chi connectivity index (χ1n) is 10.8. The van der Waals surface area contributed by atoms with Gasteiger partial charge in [0.15, 0.2) is 11.5 Å². The van der Waals surface area contributed by atoms with Crippen LogP contribution in [0.15, 0.2) is 48.5 Å². The maximum atomic E-state index is 6.39. The van der Waals surface area contributed by atoms with Crippen LogP contribution in [0.4, 0.5) is 5.69 Å². The van der Waals surface area contributed by atoms with Gasteiger partial charge in [0.2, 0.25) is 0 Å². The second kappa shape index (κ2) is 12.4. The highest BCUT2D eigenvalue weighted by Crippen LogP contribution is 2.34. The number of hydrogen-bond donors (Lipinski definition) is 1. The number of ether oxygens (including phenoxy) is 2. The van der Waals surface area contributed by atoms with Crippen molar-refractivity contribution in [2.24, 2.45) is 0 Å². The first-order chi connectivity index (χ1) is 14.2. The fraction of sp³-hybridized carbons (Fsp3) is 0.500. The molecule has 172 valence electrons. The Balaban J connectivity index is 0.00000171. The molecule has 0 amide bonds. The fourth-order valence-corrected chi connectivity index (χ4v) is 4.33. The van der Waals surface area contributed by atoms with E-state index in [0.717, 1.165) is 63.5 Å². The van der Waals surface area contributed by atoms with Crippen molar-refractivity contribution in [1.29, 1.82) is 0 Å². The summed E-state index contributed by atoms with van der Waals surface area (Å²) in [4.78, 5) is 4.83. The molecule has 2 heterocycles. The van der Waals surface area contributed by atoms with Crippen molar-refractivity contribution in [2.45, 2.75) is 31.4 Å². The van der Waals surface area contributed by atoms with Gasteiger partial charge in [-0.3, -0.25) is 0 Å². The summed E-state index contributed by atoms with van der Waals surface area (Å²) in [5, 5.41) is 3.67. The van der Waals surface area contributed by atoms with Gasteiger partial charge in [-0.2, -0.15) is 0 Å². The van der Waals surface area contributed by atoms with E-state index in [2.05, 4.69) is 64.6 Å². The third kappa shape index (κ3) is 6.91. The van der Waals surface area contributed by atoms with Gasteiger partial charge in [-0.05, 0) is 44.0 Å². The minimum atomic E-state index is 0. The number of nitrogens with one attached hydrogen (secondary N) is 1. The number of likely N-dealkylation sites (tertiary alicyclic amines) is 1. The lowest BCUT2D eigenvalue weighted by molar-refractivity contribution is 0.111. The topological polar surface area (TPSA) is 37.0 Å². The Morgan fingerprint density at radius 3 is 2.42 bits per heavy atom. The third-order valence-corrected chi connectivity index (χ3v) is 6.05. The molecule has 5 nitrogen and oxygen atoms in total. The molecule has 2 aromatic carbocycles. The van der Waals surface area contributed by atoms with E-state index in [1.807, 2.05) is 6.07 Å². The van der Waals surface area contributed by atoms with E-state index in [0.29, 0.717) is 6.04 Å². The molecule has 1 N–H and O–H groups in total. The molecule has 2 aliphatic heterocycles. The zero-order valence-electron chi connectivity index (χ0n) is 18.5. The van der Waals surface area contributed by atoms with Crippen molar-refractivity contribution in [3.05, 3.63) is 54.1 Å². The Kier molecular flexibility index (Phi) is 10.2. The van der Waals surface area contributed by atoms with Gasteiger partial charge in [0, 0.05) is 50.5 Å². The molecule has 2 aliphatic rings. The second-order valence-electron chi connectivity index (χ2n) is 8.24. The van der Waals surface area contributed by atoms with Crippen LogP contribution in [0.3, 0.4) is 0 Å². The van der Waals surface area contributed by atoms with Gasteiger partial charge in [0.05, 0.1) is 7.11 Å². The Labute approximate surface area is 198 Å². The number of anilines is 1. The summed E-state index contributed by atoms with van der Waals surface area (Å²) >= 11 is 0. The Morgan fingerprint density at radius 2 is 1.71 bits per heavy atom. The van der Waals surface area contributed by atoms with Gasteiger partial charge in [-0.1, -0.05) is 30.3 Å². The van der Waals surface area contributed by atoms with Gasteiger partial charge in [-0.15, -0.1) is 24.8 Å². The first-order valence-corrected chi connectivity index (χ1v) is 10.8. The van der Waals surface area contributed by atoms with Crippen molar-refractivity contribution < 1.29 is 9.47 Å². The normalized spacial score (nSPS) is 19.8. The molecule has 0 bridgehead atoms. The quantitative estimate of drug-likeness (QED) is 0.693. The molecule has 2 aromatic rings. The van der Waals surface area contributed by atoms with Gasteiger partial charge in [0.25, 0.3) is 0 Å². The van der Waals surface area contributed by atoms with Gasteiger partial charge >= 0.3 is 0 Å². The zero-order chi connectivity index (χ0) is 20.1. The lowest BCUT2D eigenvalue weighted by Gasteiger charge is -2.36. The predicted molar refractivity (Wildman–Crippen MR) is 133 cm³/mol. The summed E-state index contributed by atoms with van der Waals surface area (Å²) in [7, 11) is 3.89. The molecule has 0 aromatic heterocycles. The number of piperidine rings is 1. The molecule has 0 radical (unpaired) electrons. The van der Waals surface area contributed by atoms with E-state index in [1.54, 1.807) is 7.11 Å². The van der Waals surface area contributed by atoms with Crippen molar-refractivity contribution in [1.82, 2.24) is 10.2 Å². The molecular weight excluding hydrogens is 433 g/mol. The minimum Gasteiger partial charge on any atom is -0.493 e. The molecule has 7 heteroatoms. The van der Waals surface area contributed by atoms with Crippen molar-refractivity contribution >= 4 is 30.5 Å². The molecular formula is C24H35Cl2N3O2. The summed E-state index contributed by atoms with van der Waals surface area (Å²) in [6.07, 6.45) is 3.45. The van der Waals surface area contributed by atoms with Crippen LogP contribution in [-0.2, 0) is 6.42 Å². The van der Waals surface area contributed by atoms with Crippen LogP contribution in [0.2, 0.25) is 0 Å². The van der Waals surface area contributed by atoms with Crippen LogP contribution < -0.4 is 19.7 Å². The highest BCUT2D eigenvalue weighted by atomic mass is 35.5. The number of hydrogen-bond acceptors (Lipinski definition) is 5. The molecule has 0 unspecified atom stereocenters.